The summed E-state index contributed by atoms with van der Waals surface area (Å²) in [5.41, 5.74) is 1.37. The minimum atomic E-state index is -0.656. The van der Waals surface area contributed by atoms with Gasteiger partial charge in [0.2, 0.25) is 0 Å². The van der Waals surface area contributed by atoms with Gasteiger partial charge in [-0.3, -0.25) is 19.3 Å². The fourth-order valence-electron chi connectivity index (χ4n) is 3.50. The van der Waals surface area contributed by atoms with Crippen molar-refractivity contribution in [3.63, 3.8) is 0 Å². The molecule has 1 atom stereocenters. The predicted molar refractivity (Wildman–Crippen MR) is 125 cm³/mol. The zero-order chi connectivity index (χ0) is 23.1. The summed E-state index contributed by atoms with van der Waals surface area (Å²) in [6.45, 7) is 5.23. The first-order valence-corrected chi connectivity index (χ1v) is 11.2. The van der Waals surface area contributed by atoms with Crippen molar-refractivity contribution in [3.8, 4) is 0 Å². The molecule has 0 aliphatic carbocycles. The molecule has 7 nitrogen and oxygen atoms in total. The number of rotatable bonds is 6. The van der Waals surface area contributed by atoms with E-state index in [1.54, 1.807) is 23.1 Å². The number of halogens is 2. The van der Waals surface area contributed by atoms with Crippen LogP contribution in [-0.4, -0.2) is 66.8 Å². The molecule has 1 aliphatic heterocycles. The van der Waals surface area contributed by atoms with E-state index in [9.17, 15) is 14.4 Å². The molecule has 0 unspecified atom stereocenters. The number of piperazine rings is 1. The van der Waals surface area contributed by atoms with Crippen molar-refractivity contribution in [1.29, 1.82) is 0 Å². The van der Waals surface area contributed by atoms with Gasteiger partial charge < -0.3 is 15.5 Å². The van der Waals surface area contributed by atoms with Crippen molar-refractivity contribution in [2.75, 3.05) is 39.3 Å². The number of carbonyl (C=O) groups excluding carboxylic acids is 3. The summed E-state index contributed by atoms with van der Waals surface area (Å²) < 4.78 is 0. The molecule has 0 radical (unpaired) electrons. The highest BCUT2D eigenvalue weighted by molar-refractivity contribution is 6.36. The lowest BCUT2D eigenvalue weighted by Crippen LogP contribution is -2.51. The summed E-state index contributed by atoms with van der Waals surface area (Å²) in [4.78, 5) is 40.8. The highest BCUT2D eigenvalue weighted by atomic mass is 35.5. The van der Waals surface area contributed by atoms with Crippen LogP contribution >= 0.6 is 23.2 Å². The normalized spacial score (nSPS) is 15.2. The Morgan fingerprint density at radius 3 is 2.31 bits per heavy atom. The molecule has 3 rings (SSSR count). The Morgan fingerprint density at radius 2 is 1.66 bits per heavy atom. The molecule has 0 saturated carbocycles. The highest BCUT2D eigenvalue weighted by Crippen LogP contribution is 2.22. The first-order chi connectivity index (χ1) is 15.3. The lowest BCUT2D eigenvalue weighted by atomic mass is 10.1. The average Bonchev–Trinajstić information content (AvgIpc) is 2.79. The Balaban J connectivity index is 1.38. The number of nitrogens with one attached hydrogen (secondary N) is 2. The van der Waals surface area contributed by atoms with Crippen LogP contribution < -0.4 is 10.6 Å². The van der Waals surface area contributed by atoms with Crippen LogP contribution in [0.3, 0.4) is 0 Å². The molecule has 3 amide bonds. The molecular formula is C23H26Cl2N4O3. The third-order valence-corrected chi connectivity index (χ3v) is 5.94. The molecule has 2 N–H and O–H groups in total. The van der Waals surface area contributed by atoms with E-state index >= 15 is 0 Å². The first-order valence-electron chi connectivity index (χ1n) is 10.5. The molecule has 170 valence electrons. The fourth-order valence-corrected chi connectivity index (χ4v) is 3.99. The first kappa shape index (κ1) is 24.0. The van der Waals surface area contributed by atoms with Crippen molar-refractivity contribution >= 4 is 40.9 Å². The maximum Gasteiger partial charge on any atom is 0.309 e. The monoisotopic (exact) mass is 476 g/mol. The van der Waals surface area contributed by atoms with Gasteiger partial charge in [-0.1, -0.05) is 53.5 Å². The van der Waals surface area contributed by atoms with Crippen LogP contribution in [0.15, 0.2) is 48.5 Å². The van der Waals surface area contributed by atoms with E-state index < -0.39 is 11.8 Å². The molecule has 1 fully saturated rings. The Labute approximate surface area is 197 Å². The van der Waals surface area contributed by atoms with Crippen molar-refractivity contribution in [2.45, 2.75) is 13.0 Å². The molecule has 0 bridgehead atoms. The van der Waals surface area contributed by atoms with Crippen LogP contribution in [0.25, 0.3) is 0 Å². The minimum Gasteiger partial charge on any atom is -0.347 e. The molecule has 2 aromatic rings. The zero-order valence-electron chi connectivity index (χ0n) is 17.8. The third kappa shape index (κ3) is 6.45. The molecule has 0 spiro atoms. The van der Waals surface area contributed by atoms with Gasteiger partial charge in [0.1, 0.15) is 0 Å². The number of nitrogens with zero attached hydrogens (tertiary/aromatic N) is 2. The van der Waals surface area contributed by atoms with Crippen molar-refractivity contribution < 1.29 is 14.4 Å². The number of amides is 3. The maximum atomic E-state index is 12.7. The van der Waals surface area contributed by atoms with E-state index in [-0.39, 0.29) is 11.9 Å². The van der Waals surface area contributed by atoms with Crippen LogP contribution in [0.1, 0.15) is 28.9 Å². The van der Waals surface area contributed by atoms with Crippen molar-refractivity contribution in [1.82, 2.24) is 20.4 Å². The van der Waals surface area contributed by atoms with E-state index in [1.165, 1.54) is 0 Å². The summed E-state index contributed by atoms with van der Waals surface area (Å²) in [7, 11) is 0. The lowest BCUT2D eigenvalue weighted by molar-refractivity contribution is -0.139. The van der Waals surface area contributed by atoms with Crippen LogP contribution in [0.2, 0.25) is 10.0 Å². The fraction of sp³-hybridized carbons (Fsp3) is 0.348. The van der Waals surface area contributed by atoms with Gasteiger partial charge in [0.05, 0.1) is 16.6 Å². The summed E-state index contributed by atoms with van der Waals surface area (Å²) in [5, 5.41) is 6.18. The Kier molecular flexibility index (Phi) is 8.50. The standard InChI is InChI=1S/C23H26Cl2N4O3/c1-16(17-5-3-2-4-6-17)27-22(31)21(30)26-9-10-28-11-13-29(14-12-28)23(32)19-8-7-18(24)15-20(19)25/h2-8,15-16H,9-14H2,1H3,(H,26,30)(H,27,31)/t16-/m1/s1. The van der Waals surface area contributed by atoms with E-state index in [0.29, 0.717) is 54.9 Å². The summed E-state index contributed by atoms with van der Waals surface area (Å²) >= 11 is 12.0. The van der Waals surface area contributed by atoms with Gasteiger partial charge in [-0.2, -0.15) is 0 Å². The maximum absolute atomic E-state index is 12.7. The van der Waals surface area contributed by atoms with Crippen molar-refractivity contribution in [2.24, 2.45) is 0 Å². The Morgan fingerprint density at radius 1 is 0.969 bits per heavy atom. The van der Waals surface area contributed by atoms with Crippen molar-refractivity contribution in [3.05, 3.63) is 69.7 Å². The van der Waals surface area contributed by atoms with Gasteiger partial charge in [0.15, 0.2) is 0 Å². The van der Waals surface area contributed by atoms with E-state index in [0.717, 1.165) is 5.56 Å². The number of benzene rings is 2. The van der Waals surface area contributed by atoms with Gasteiger partial charge in [-0.15, -0.1) is 0 Å². The van der Waals surface area contributed by atoms with Gasteiger partial charge in [-0.25, -0.2) is 0 Å². The molecule has 1 saturated heterocycles. The second-order valence-electron chi connectivity index (χ2n) is 7.62. The average molecular weight is 477 g/mol. The molecule has 1 aliphatic rings. The largest absolute Gasteiger partial charge is 0.347 e. The summed E-state index contributed by atoms with van der Waals surface area (Å²) in [5.74, 6) is -1.43. The quantitative estimate of drug-likeness (QED) is 0.628. The van der Waals surface area contributed by atoms with E-state index in [1.807, 2.05) is 37.3 Å². The summed E-state index contributed by atoms with van der Waals surface area (Å²) in [6, 6.07) is 14.1. The third-order valence-electron chi connectivity index (χ3n) is 5.39. The molecule has 32 heavy (non-hydrogen) atoms. The molecule has 0 aromatic heterocycles. The molecule has 2 aromatic carbocycles. The van der Waals surface area contributed by atoms with E-state index in [4.69, 9.17) is 23.2 Å². The molecular weight excluding hydrogens is 451 g/mol. The van der Waals surface area contributed by atoms with Crippen LogP contribution in [0.4, 0.5) is 0 Å². The second kappa shape index (κ2) is 11.3. The Bertz CT molecular complexity index is 963. The Hall–Kier alpha value is -2.61. The molecule has 1 heterocycles. The number of carbonyl (C=O) groups is 3. The SMILES string of the molecule is C[C@@H](NC(=O)C(=O)NCCN1CCN(C(=O)c2ccc(Cl)cc2Cl)CC1)c1ccccc1. The lowest BCUT2D eigenvalue weighted by Gasteiger charge is -2.34. The van der Waals surface area contributed by atoms with Gasteiger partial charge in [-0.05, 0) is 30.7 Å². The van der Waals surface area contributed by atoms with Gasteiger partial charge in [0.25, 0.3) is 5.91 Å². The second-order valence-corrected chi connectivity index (χ2v) is 8.46. The zero-order valence-corrected chi connectivity index (χ0v) is 19.3. The van der Waals surface area contributed by atoms with E-state index in [2.05, 4.69) is 15.5 Å². The molecule has 9 heteroatoms. The summed E-state index contributed by atoms with van der Waals surface area (Å²) in [6.07, 6.45) is 0. The number of hydrogen-bond donors (Lipinski definition) is 2. The minimum absolute atomic E-state index is 0.121. The smallest absolute Gasteiger partial charge is 0.309 e. The van der Waals surface area contributed by atoms with Gasteiger partial charge >= 0.3 is 11.8 Å². The number of hydrogen-bond acceptors (Lipinski definition) is 4. The van der Waals surface area contributed by atoms with Crippen LogP contribution in [-0.2, 0) is 9.59 Å². The van der Waals surface area contributed by atoms with Crippen LogP contribution in [0.5, 0.6) is 0 Å². The van der Waals surface area contributed by atoms with Crippen LogP contribution in [0, 0.1) is 0 Å². The predicted octanol–water partition coefficient (Wildman–Crippen LogP) is 2.74. The van der Waals surface area contributed by atoms with Gasteiger partial charge in [0, 0.05) is 44.3 Å². The topological polar surface area (TPSA) is 81.8 Å². The highest BCUT2D eigenvalue weighted by Gasteiger charge is 2.24.